The molecule has 0 aliphatic heterocycles. The second-order valence-electron chi connectivity index (χ2n) is 5.13. The maximum atomic E-state index is 12.5. The molecule has 2 aromatic rings. The van der Waals surface area contributed by atoms with E-state index in [0.717, 1.165) is 29.8 Å². The van der Waals surface area contributed by atoms with Crippen molar-refractivity contribution in [1.29, 1.82) is 0 Å². The summed E-state index contributed by atoms with van der Waals surface area (Å²) in [6.07, 6.45) is -4.42. The monoisotopic (exact) mass is 337 g/mol. The van der Waals surface area contributed by atoms with Crippen LogP contribution in [0.2, 0.25) is 0 Å². The van der Waals surface area contributed by atoms with Crippen LogP contribution < -0.4 is 5.32 Å². The molecule has 0 radical (unpaired) electrons. The zero-order valence-electron chi connectivity index (χ0n) is 12.4. The third kappa shape index (κ3) is 4.58. The van der Waals surface area contributed by atoms with Crippen molar-refractivity contribution in [3.05, 3.63) is 71.3 Å². The molecular formula is C17H14F3NO3. The first kappa shape index (κ1) is 17.5. The largest absolute Gasteiger partial charge is 0.480 e. The van der Waals surface area contributed by atoms with Crippen LogP contribution in [-0.4, -0.2) is 23.0 Å². The van der Waals surface area contributed by atoms with Crippen molar-refractivity contribution in [2.45, 2.75) is 18.6 Å². The smallest absolute Gasteiger partial charge is 0.416 e. The van der Waals surface area contributed by atoms with Crippen LogP contribution in [-0.2, 0) is 17.4 Å². The Morgan fingerprint density at radius 2 is 1.58 bits per heavy atom. The van der Waals surface area contributed by atoms with Crippen LogP contribution in [0.4, 0.5) is 13.2 Å². The van der Waals surface area contributed by atoms with Gasteiger partial charge >= 0.3 is 12.1 Å². The minimum Gasteiger partial charge on any atom is -0.480 e. The Balaban J connectivity index is 2.09. The Bertz CT molecular complexity index is 712. The number of aliphatic carboxylic acids is 1. The van der Waals surface area contributed by atoms with Crippen molar-refractivity contribution in [2.24, 2.45) is 0 Å². The summed E-state index contributed by atoms with van der Waals surface area (Å²) in [5.74, 6) is -1.97. The Labute approximate surface area is 135 Å². The number of halogens is 3. The first-order chi connectivity index (χ1) is 11.3. The van der Waals surface area contributed by atoms with Crippen LogP contribution in [0.3, 0.4) is 0 Å². The van der Waals surface area contributed by atoms with Crippen molar-refractivity contribution >= 4 is 11.9 Å². The summed E-state index contributed by atoms with van der Waals surface area (Å²) < 4.78 is 37.5. The van der Waals surface area contributed by atoms with E-state index in [9.17, 15) is 27.9 Å². The number of alkyl halides is 3. The van der Waals surface area contributed by atoms with E-state index in [2.05, 4.69) is 5.32 Å². The van der Waals surface area contributed by atoms with Gasteiger partial charge in [-0.1, -0.05) is 30.3 Å². The number of hydrogen-bond donors (Lipinski definition) is 2. The van der Waals surface area contributed by atoms with Crippen molar-refractivity contribution in [2.75, 3.05) is 0 Å². The van der Waals surface area contributed by atoms with Gasteiger partial charge in [0.25, 0.3) is 5.91 Å². The third-order valence-electron chi connectivity index (χ3n) is 3.36. The summed E-state index contributed by atoms with van der Waals surface area (Å²) in [6.45, 7) is 0. The number of carboxylic acids is 1. The van der Waals surface area contributed by atoms with Crippen molar-refractivity contribution < 1.29 is 27.9 Å². The molecule has 126 valence electrons. The Kier molecular flexibility index (Phi) is 5.23. The van der Waals surface area contributed by atoms with Crippen LogP contribution in [0.5, 0.6) is 0 Å². The fourth-order valence-corrected chi connectivity index (χ4v) is 2.10. The summed E-state index contributed by atoms with van der Waals surface area (Å²) in [5, 5.41) is 11.5. The number of rotatable bonds is 5. The number of nitrogens with one attached hydrogen (secondary N) is 1. The van der Waals surface area contributed by atoms with E-state index in [1.807, 2.05) is 0 Å². The van der Waals surface area contributed by atoms with Crippen molar-refractivity contribution in [3.63, 3.8) is 0 Å². The first-order valence-corrected chi connectivity index (χ1v) is 7.02. The Hall–Kier alpha value is -2.83. The predicted octanol–water partition coefficient (Wildman–Crippen LogP) is 3.13. The van der Waals surface area contributed by atoms with E-state index in [-0.39, 0.29) is 12.0 Å². The molecule has 2 N–H and O–H groups in total. The van der Waals surface area contributed by atoms with Crippen LogP contribution in [0, 0.1) is 0 Å². The average Bonchev–Trinajstić information content (AvgIpc) is 2.54. The average molecular weight is 337 g/mol. The normalized spacial score (nSPS) is 12.5. The summed E-state index contributed by atoms with van der Waals surface area (Å²) >= 11 is 0. The molecule has 0 spiro atoms. The fraction of sp³-hybridized carbons (Fsp3) is 0.176. The second kappa shape index (κ2) is 7.16. The van der Waals surface area contributed by atoms with E-state index >= 15 is 0 Å². The Morgan fingerprint density at radius 1 is 1.00 bits per heavy atom. The lowest BCUT2D eigenvalue weighted by Crippen LogP contribution is -2.42. The summed E-state index contributed by atoms with van der Waals surface area (Å²) in [5.41, 5.74) is -0.196. The van der Waals surface area contributed by atoms with Gasteiger partial charge in [-0.2, -0.15) is 13.2 Å². The van der Waals surface area contributed by atoms with Gasteiger partial charge in [0, 0.05) is 12.0 Å². The molecule has 0 unspecified atom stereocenters. The van der Waals surface area contributed by atoms with E-state index in [0.29, 0.717) is 0 Å². The van der Waals surface area contributed by atoms with E-state index in [1.165, 1.54) is 0 Å². The van der Waals surface area contributed by atoms with Crippen LogP contribution >= 0.6 is 0 Å². The van der Waals surface area contributed by atoms with Crippen LogP contribution in [0.1, 0.15) is 21.5 Å². The number of carbonyl (C=O) groups is 2. The van der Waals surface area contributed by atoms with Gasteiger partial charge in [-0.3, -0.25) is 4.79 Å². The molecule has 2 aromatic carbocycles. The van der Waals surface area contributed by atoms with Gasteiger partial charge in [0.05, 0.1) is 5.56 Å². The molecule has 0 bridgehead atoms. The second-order valence-corrected chi connectivity index (χ2v) is 5.13. The topological polar surface area (TPSA) is 66.4 Å². The third-order valence-corrected chi connectivity index (χ3v) is 3.36. The molecule has 0 aromatic heterocycles. The van der Waals surface area contributed by atoms with E-state index < -0.39 is 29.7 Å². The van der Waals surface area contributed by atoms with Gasteiger partial charge in [-0.25, -0.2) is 4.79 Å². The number of carboxylic acid groups (broad SMARTS) is 1. The minimum absolute atomic E-state index is 0.0395. The highest BCUT2D eigenvalue weighted by Crippen LogP contribution is 2.29. The van der Waals surface area contributed by atoms with E-state index in [1.54, 1.807) is 30.3 Å². The molecule has 0 aliphatic carbocycles. The molecule has 0 heterocycles. The van der Waals surface area contributed by atoms with Gasteiger partial charge in [-0.15, -0.1) is 0 Å². The molecule has 1 amide bonds. The SMILES string of the molecule is O=C(N[C@@H](Cc1ccccc1)C(=O)O)c1ccc(C(F)(F)F)cc1. The maximum absolute atomic E-state index is 12.5. The quantitative estimate of drug-likeness (QED) is 0.881. The number of hydrogen-bond acceptors (Lipinski definition) is 2. The molecule has 1 atom stereocenters. The molecule has 4 nitrogen and oxygen atoms in total. The van der Waals surface area contributed by atoms with Crippen molar-refractivity contribution in [3.8, 4) is 0 Å². The highest BCUT2D eigenvalue weighted by Gasteiger charge is 2.30. The fourth-order valence-electron chi connectivity index (χ4n) is 2.10. The molecule has 2 rings (SSSR count). The number of amides is 1. The lowest BCUT2D eigenvalue weighted by Gasteiger charge is -2.15. The molecule has 7 heteroatoms. The van der Waals surface area contributed by atoms with Crippen LogP contribution in [0.25, 0.3) is 0 Å². The molecule has 0 aliphatic rings. The van der Waals surface area contributed by atoms with Crippen LogP contribution in [0.15, 0.2) is 54.6 Å². The molecule has 0 fully saturated rings. The van der Waals surface area contributed by atoms with Crippen molar-refractivity contribution in [1.82, 2.24) is 5.32 Å². The lowest BCUT2D eigenvalue weighted by atomic mass is 10.1. The van der Waals surface area contributed by atoms with Gasteiger partial charge in [-0.05, 0) is 29.8 Å². The predicted molar refractivity (Wildman–Crippen MR) is 80.5 cm³/mol. The zero-order chi connectivity index (χ0) is 17.7. The molecule has 24 heavy (non-hydrogen) atoms. The first-order valence-electron chi connectivity index (χ1n) is 7.02. The highest BCUT2D eigenvalue weighted by atomic mass is 19.4. The summed E-state index contributed by atoms with van der Waals surface area (Å²) in [4.78, 5) is 23.3. The minimum atomic E-state index is -4.49. The summed E-state index contributed by atoms with van der Waals surface area (Å²) in [7, 11) is 0. The standard InChI is InChI=1S/C17H14F3NO3/c18-17(19,20)13-8-6-12(7-9-13)15(22)21-14(16(23)24)10-11-4-2-1-3-5-11/h1-9,14H,10H2,(H,21,22)(H,23,24)/t14-/m0/s1. The Morgan fingerprint density at radius 3 is 2.08 bits per heavy atom. The number of benzene rings is 2. The molecular weight excluding hydrogens is 323 g/mol. The highest BCUT2D eigenvalue weighted by molar-refractivity contribution is 5.96. The molecule has 0 saturated carbocycles. The molecule has 0 saturated heterocycles. The van der Waals surface area contributed by atoms with Gasteiger partial charge in [0.2, 0.25) is 0 Å². The summed E-state index contributed by atoms with van der Waals surface area (Å²) in [6, 6.07) is 11.1. The van der Waals surface area contributed by atoms with Gasteiger partial charge in [0.15, 0.2) is 0 Å². The van der Waals surface area contributed by atoms with Gasteiger partial charge in [0.1, 0.15) is 6.04 Å². The van der Waals surface area contributed by atoms with E-state index in [4.69, 9.17) is 0 Å². The van der Waals surface area contributed by atoms with Gasteiger partial charge < -0.3 is 10.4 Å². The maximum Gasteiger partial charge on any atom is 0.416 e. The zero-order valence-corrected chi connectivity index (χ0v) is 12.4. The lowest BCUT2D eigenvalue weighted by molar-refractivity contribution is -0.139. The number of carbonyl (C=O) groups excluding carboxylic acids is 1.